The third-order valence-electron chi connectivity index (χ3n) is 3.82. The Morgan fingerprint density at radius 3 is 2.58 bits per heavy atom. The van der Waals surface area contributed by atoms with Crippen LogP contribution in [0.1, 0.15) is 17.0 Å². The Balaban J connectivity index is 1.68. The van der Waals surface area contributed by atoms with E-state index in [4.69, 9.17) is 11.6 Å². The van der Waals surface area contributed by atoms with Crippen LogP contribution >= 0.6 is 27.5 Å². The minimum Gasteiger partial charge on any atom is -0.306 e. The number of aromatic nitrogens is 4. The number of hydrogen-bond acceptors (Lipinski definition) is 3. The fourth-order valence-corrected chi connectivity index (χ4v) is 2.96. The first-order valence-corrected chi connectivity index (χ1v) is 8.97. The maximum Gasteiger partial charge on any atom is 0.247 e. The predicted octanol–water partition coefficient (Wildman–Crippen LogP) is 3.94. The average Bonchev–Trinajstić information content (AvgIpc) is 3.04. The van der Waals surface area contributed by atoms with Gasteiger partial charge in [0.25, 0.3) is 0 Å². The molecule has 136 valence electrons. The fraction of sp³-hybridized carbons (Fsp3) is 0.235. The van der Waals surface area contributed by atoms with E-state index in [2.05, 4.69) is 31.4 Å². The van der Waals surface area contributed by atoms with Gasteiger partial charge in [0.15, 0.2) is 5.82 Å². The van der Waals surface area contributed by atoms with Crippen LogP contribution in [0.15, 0.2) is 34.9 Å². The summed E-state index contributed by atoms with van der Waals surface area (Å²) in [5.41, 5.74) is 2.55. The number of nitrogens with zero attached hydrogens (tertiary/aromatic N) is 4. The number of amides is 1. The highest BCUT2D eigenvalue weighted by Crippen LogP contribution is 2.22. The van der Waals surface area contributed by atoms with Gasteiger partial charge in [0.05, 0.1) is 22.4 Å². The highest BCUT2D eigenvalue weighted by Gasteiger charge is 2.15. The quantitative estimate of drug-likeness (QED) is 0.653. The molecule has 2 aromatic heterocycles. The minimum absolute atomic E-state index is 0.0550. The van der Waals surface area contributed by atoms with Crippen molar-refractivity contribution in [2.45, 2.75) is 26.9 Å². The largest absolute Gasteiger partial charge is 0.306 e. The molecular formula is C17H16BrClFN5O. The molecule has 0 saturated carbocycles. The Morgan fingerprint density at radius 1 is 1.27 bits per heavy atom. The van der Waals surface area contributed by atoms with Gasteiger partial charge in [-0.25, -0.2) is 4.39 Å². The van der Waals surface area contributed by atoms with Crippen molar-refractivity contribution in [2.24, 2.45) is 0 Å². The molecule has 6 nitrogen and oxygen atoms in total. The Hall–Kier alpha value is -2.19. The number of anilines is 1. The molecule has 1 N–H and O–H groups in total. The number of benzene rings is 1. The first-order valence-electron chi connectivity index (χ1n) is 7.80. The summed E-state index contributed by atoms with van der Waals surface area (Å²) in [7, 11) is 0. The standard InChI is InChI=1S/C17H16BrClFN5O/c1-10-16(18)11(2)25(22-10)9-15(26)21-17-14(19)8-24(23-17)7-12-3-5-13(20)6-4-12/h3-6,8H,7,9H2,1-2H3,(H,21,23,26). The number of halogens is 3. The van der Waals surface area contributed by atoms with Crippen molar-refractivity contribution in [1.82, 2.24) is 19.6 Å². The van der Waals surface area contributed by atoms with E-state index in [1.165, 1.54) is 12.1 Å². The number of hydrogen-bond donors (Lipinski definition) is 1. The van der Waals surface area contributed by atoms with Gasteiger partial charge in [-0.3, -0.25) is 14.2 Å². The molecule has 0 unspecified atom stereocenters. The highest BCUT2D eigenvalue weighted by molar-refractivity contribution is 9.10. The SMILES string of the molecule is Cc1nn(CC(=O)Nc2nn(Cc3ccc(F)cc3)cc2Cl)c(C)c1Br. The summed E-state index contributed by atoms with van der Waals surface area (Å²) in [6, 6.07) is 6.11. The monoisotopic (exact) mass is 439 g/mol. The lowest BCUT2D eigenvalue weighted by molar-refractivity contribution is -0.117. The molecule has 0 radical (unpaired) electrons. The molecule has 1 amide bonds. The van der Waals surface area contributed by atoms with E-state index < -0.39 is 0 Å². The number of nitrogens with one attached hydrogen (secondary N) is 1. The van der Waals surface area contributed by atoms with Gasteiger partial charge in [0, 0.05) is 6.20 Å². The molecule has 1 aromatic carbocycles. The molecule has 0 bridgehead atoms. The molecule has 0 spiro atoms. The lowest BCUT2D eigenvalue weighted by Crippen LogP contribution is -2.21. The van der Waals surface area contributed by atoms with Crippen LogP contribution < -0.4 is 5.32 Å². The molecule has 0 fully saturated rings. The van der Waals surface area contributed by atoms with Gasteiger partial charge in [-0.15, -0.1) is 0 Å². The van der Waals surface area contributed by atoms with Gasteiger partial charge in [0.1, 0.15) is 17.4 Å². The topological polar surface area (TPSA) is 64.7 Å². The van der Waals surface area contributed by atoms with Crippen molar-refractivity contribution < 1.29 is 9.18 Å². The molecule has 3 aromatic rings. The third-order valence-corrected chi connectivity index (χ3v) is 5.24. The van der Waals surface area contributed by atoms with Crippen molar-refractivity contribution >= 4 is 39.3 Å². The summed E-state index contributed by atoms with van der Waals surface area (Å²) in [6.45, 7) is 4.21. The van der Waals surface area contributed by atoms with E-state index in [1.807, 2.05) is 13.8 Å². The van der Waals surface area contributed by atoms with Crippen LogP contribution in [-0.2, 0) is 17.9 Å². The van der Waals surface area contributed by atoms with Gasteiger partial charge in [-0.2, -0.15) is 10.2 Å². The summed E-state index contributed by atoms with van der Waals surface area (Å²) in [4.78, 5) is 12.3. The Labute approximate surface area is 163 Å². The van der Waals surface area contributed by atoms with Gasteiger partial charge in [0.2, 0.25) is 5.91 Å². The average molecular weight is 441 g/mol. The third kappa shape index (κ3) is 4.13. The zero-order chi connectivity index (χ0) is 18.8. The van der Waals surface area contributed by atoms with Crippen molar-refractivity contribution in [1.29, 1.82) is 0 Å². The normalized spacial score (nSPS) is 11.0. The van der Waals surface area contributed by atoms with Crippen LogP contribution in [0.4, 0.5) is 10.2 Å². The number of rotatable bonds is 5. The second-order valence-electron chi connectivity index (χ2n) is 5.84. The molecule has 3 rings (SSSR count). The van der Waals surface area contributed by atoms with Gasteiger partial charge in [-0.1, -0.05) is 23.7 Å². The maximum atomic E-state index is 13.0. The van der Waals surface area contributed by atoms with Crippen molar-refractivity contribution in [2.75, 3.05) is 5.32 Å². The summed E-state index contributed by atoms with van der Waals surface area (Å²) < 4.78 is 17.0. The first kappa shape index (κ1) is 18.6. The van der Waals surface area contributed by atoms with Crippen LogP contribution in [0.2, 0.25) is 5.02 Å². The van der Waals surface area contributed by atoms with Crippen LogP contribution in [0.5, 0.6) is 0 Å². The predicted molar refractivity (Wildman–Crippen MR) is 101 cm³/mol. The van der Waals surface area contributed by atoms with Crippen molar-refractivity contribution in [3.8, 4) is 0 Å². The molecule has 0 aliphatic carbocycles. The summed E-state index contributed by atoms with van der Waals surface area (Å²) >= 11 is 9.59. The second-order valence-corrected chi connectivity index (χ2v) is 7.04. The van der Waals surface area contributed by atoms with Crippen LogP contribution in [0.3, 0.4) is 0 Å². The zero-order valence-electron chi connectivity index (χ0n) is 14.1. The Bertz CT molecular complexity index is 951. The second kappa shape index (κ2) is 7.59. The van der Waals surface area contributed by atoms with Gasteiger partial charge in [-0.05, 0) is 47.5 Å². The van der Waals surface area contributed by atoms with E-state index in [-0.39, 0.29) is 24.1 Å². The molecule has 0 atom stereocenters. The van der Waals surface area contributed by atoms with Crippen molar-refractivity contribution in [3.63, 3.8) is 0 Å². The van der Waals surface area contributed by atoms with Gasteiger partial charge >= 0.3 is 0 Å². The Kier molecular flexibility index (Phi) is 5.43. The molecule has 26 heavy (non-hydrogen) atoms. The summed E-state index contributed by atoms with van der Waals surface area (Å²) in [5, 5.41) is 11.6. The Morgan fingerprint density at radius 2 is 1.96 bits per heavy atom. The lowest BCUT2D eigenvalue weighted by Gasteiger charge is -2.05. The maximum absolute atomic E-state index is 13.0. The zero-order valence-corrected chi connectivity index (χ0v) is 16.5. The van der Waals surface area contributed by atoms with E-state index in [1.54, 1.807) is 27.7 Å². The van der Waals surface area contributed by atoms with Crippen molar-refractivity contribution in [3.05, 3.63) is 62.7 Å². The number of carbonyl (C=O) groups excluding carboxylic acids is 1. The van der Waals surface area contributed by atoms with Crippen LogP contribution in [0.25, 0.3) is 0 Å². The number of carbonyl (C=O) groups is 1. The van der Waals surface area contributed by atoms with E-state index in [0.29, 0.717) is 11.6 Å². The van der Waals surface area contributed by atoms with Crippen LogP contribution in [0, 0.1) is 19.7 Å². The van der Waals surface area contributed by atoms with E-state index in [9.17, 15) is 9.18 Å². The summed E-state index contributed by atoms with van der Waals surface area (Å²) in [5.74, 6) is -0.299. The molecule has 2 heterocycles. The molecule has 0 aliphatic heterocycles. The minimum atomic E-state index is -0.295. The fourth-order valence-electron chi connectivity index (χ4n) is 2.48. The lowest BCUT2D eigenvalue weighted by atomic mass is 10.2. The summed E-state index contributed by atoms with van der Waals surface area (Å²) in [6.07, 6.45) is 1.61. The molecule has 0 aliphatic rings. The van der Waals surface area contributed by atoms with Crippen LogP contribution in [-0.4, -0.2) is 25.5 Å². The highest BCUT2D eigenvalue weighted by atomic mass is 79.9. The van der Waals surface area contributed by atoms with E-state index in [0.717, 1.165) is 21.4 Å². The molecule has 9 heteroatoms. The smallest absolute Gasteiger partial charge is 0.247 e. The molecular weight excluding hydrogens is 425 g/mol. The number of aryl methyl sites for hydroxylation is 1. The van der Waals surface area contributed by atoms with E-state index >= 15 is 0 Å². The molecule has 0 saturated heterocycles. The first-order chi connectivity index (χ1) is 12.3. The van der Waals surface area contributed by atoms with Gasteiger partial charge < -0.3 is 5.32 Å².